The van der Waals surface area contributed by atoms with Gasteiger partial charge in [0.15, 0.2) is 0 Å². The second-order valence-electron chi connectivity index (χ2n) is 15.8. The van der Waals surface area contributed by atoms with Crippen LogP contribution in [0, 0.1) is 0 Å². The van der Waals surface area contributed by atoms with E-state index in [4.69, 9.17) is 0 Å². The molecule has 0 radical (unpaired) electrons. The minimum absolute atomic E-state index is 0.0728. The summed E-state index contributed by atoms with van der Waals surface area (Å²) in [6.45, 7) is 4.72. The molecule has 0 saturated heterocycles. The maximum atomic E-state index is 2.50. The van der Waals surface area contributed by atoms with Gasteiger partial charge in [-0.25, -0.2) is 0 Å². The molecule has 0 N–H and O–H groups in total. The third kappa shape index (κ3) is 5.25. The van der Waals surface area contributed by atoms with Crippen LogP contribution in [0.3, 0.4) is 0 Å². The monoisotopic (exact) mass is 728 g/mol. The zero-order valence-electron chi connectivity index (χ0n) is 32.0. The Morgan fingerprint density at radius 2 is 1.00 bits per heavy atom. The van der Waals surface area contributed by atoms with Crippen LogP contribution in [-0.4, -0.2) is 4.57 Å². The summed E-state index contributed by atoms with van der Waals surface area (Å²) < 4.78 is 2.50. The van der Waals surface area contributed by atoms with Gasteiger partial charge in [-0.05, 0) is 98.9 Å². The Hall–Kier alpha value is -7.16. The van der Waals surface area contributed by atoms with Crippen molar-refractivity contribution in [2.24, 2.45) is 0 Å². The zero-order chi connectivity index (χ0) is 38.1. The molecule has 0 aliphatic heterocycles. The smallest absolute Gasteiger partial charge is 0.0547 e. The number of para-hydroxylation sites is 2. The predicted octanol–water partition coefficient (Wildman–Crippen LogP) is 15.0. The lowest BCUT2D eigenvalue weighted by Crippen LogP contribution is -2.14. The van der Waals surface area contributed by atoms with E-state index < -0.39 is 0 Å². The Morgan fingerprint density at radius 3 is 1.86 bits per heavy atom. The summed E-state index contributed by atoms with van der Waals surface area (Å²) in [6, 6.07) is 75.5. The molecule has 270 valence electrons. The predicted molar refractivity (Wildman–Crippen MR) is 241 cm³/mol. The van der Waals surface area contributed by atoms with Crippen LogP contribution in [0.15, 0.2) is 206 Å². The lowest BCUT2D eigenvalue weighted by atomic mass is 9.82. The summed E-state index contributed by atoms with van der Waals surface area (Å²) in [6.07, 6.45) is 0. The van der Waals surface area contributed by atoms with E-state index in [1.165, 1.54) is 82.8 Å². The molecule has 0 fully saturated rings. The molecular formula is C55H40N2. The summed E-state index contributed by atoms with van der Waals surface area (Å²) >= 11 is 0. The summed E-state index contributed by atoms with van der Waals surface area (Å²) in [7, 11) is 0. The first kappa shape index (κ1) is 33.2. The second-order valence-corrected chi connectivity index (χ2v) is 15.8. The molecule has 10 aromatic rings. The standard InChI is InChI=1S/C55H40N2/c1-55(2)48-27-10-8-26-47(48)54-49(55)28-15-31-52(54)57-51-29-11-9-25-45(51)46-33-32-41(36-53(46)57)39-19-12-18-38(34-39)40-20-13-23-43(35-40)56(42-21-4-3-5-22-42)50-30-14-17-37-16-6-7-24-44(37)50/h3-36H,1-2H3. The Balaban J connectivity index is 1.05. The van der Waals surface area contributed by atoms with Crippen LogP contribution >= 0.6 is 0 Å². The maximum absolute atomic E-state index is 2.50. The Labute approximate surface area is 333 Å². The van der Waals surface area contributed by atoms with Gasteiger partial charge in [0.25, 0.3) is 0 Å². The SMILES string of the molecule is CC1(C)c2ccccc2-c2c(-n3c4ccccc4c4ccc(-c5cccc(-c6cccc(N(c7ccccc7)c7cccc8ccccc78)c6)c5)cc43)cccc21. The van der Waals surface area contributed by atoms with E-state index in [0.717, 1.165) is 17.1 Å². The molecule has 2 nitrogen and oxygen atoms in total. The molecular weight excluding hydrogens is 689 g/mol. The van der Waals surface area contributed by atoms with Crippen molar-refractivity contribution in [2.45, 2.75) is 19.3 Å². The van der Waals surface area contributed by atoms with E-state index in [1.54, 1.807) is 0 Å². The Kier molecular flexibility index (Phi) is 7.55. The molecule has 1 heterocycles. The molecule has 57 heavy (non-hydrogen) atoms. The van der Waals surface area contributed by atoms with E-state index in [9.17, 15) is 0 Å². The number of anilines is 3. The summed E-state index contributed by atoms with van der Waals surface area (Å²) in [5.41, 5.74) is 17.2. The van der Waals surface area contributed by atoms with Gasteiger partial charge in [0.05, 0.1) is 22.4 Å². The highest BCUT2D eigenvalue weighted by atomic mass is 15.1. The van der Waals surface area contributed by atoms with Gasteiger partial charge in [-0.2, -0.15) is 0 Å². The van der Waals surface area contributed by atoms with Crippen molar-refractivity contribution < 1.29 is 0 Å². The molecule has 1 aliphatic rings. The molecule has 0 unspecified atom stereocenters. The van der Waals surface area contributed by atoms with Crippen molar-refractivity contribution in [2.75, 3.05) is 4.90 Å². The number of hydrogen-bond donors (Lipinski definition) is 0. The zero-order valence-corrected chi connectivity index (χ0v) is 32.0. The van der Waals surface area contributed by atoms with Crippen LogP contribution in [-0.2, 0) is 5.41 Å². The van der Waals surface area contributed by atoms with Crippen LogP contribution in [0.4, 0.5) is 17.1 Å². The van der Waals surface area contributed by atoms with E-state index >= 15 is 0 Å². The minimum atomic E-state index is -0.0728. The van der Waals surface area contributed by atoms with Crippen LogP contribution in [0.5, 0.6) is 0 Å². The first-order valence-electron chi connectivity index (χ1n) is 19.9. The summed E-state index contributed by atoms with van der Waals surface area (Å²) in [4.78, 5) is 2.38. The van der Waals surface area contributed by atoms with Gasteiger partial charge in [0.1, 0.15) is 0 Å². The van der Waals surface area contributed by atoms with E-state index in [1.807, 2.05) is 0 Å². The highest BCUT2D eigenvalue weighted by Gasteiger charge is 2.37. The largest absolute Gasteiger partial charge is 0.310 e. The fourth-order valence-electron chi connectivity index (χ4n) is 9.44. The van der Waals surface area contributed by atoms with Gasteiger partial charge in [-0.3, -0.25) is 0 Å². The van der Waals surface area contributed by atoms with Gasteiger partial charge < -0.3 is 9.47 Å². The molecule has 2 heteroatoms. The van der Waals surface area contributed by atoms with E-state index in [-0.39, 0.29) is 5.41 Å². The van der Waals surface area contributed by atoms with Crippen LogP contribution < -0.4 is 4.90 Å². The third-order valence-electron chi connectivity index (χ3n) is 12.2. The molecule has 0 spiro atoms. The van der Waals surface area contributed by atoms with Crippen molar-refractivity contribution in [3.63, 3.8) is 0 Å². The minimum Gasteiger partial charge on any atom is -0.310 e. The molecule has 9 aromatic carbocycles. The lowest BCUT2D eigenvalue weighted by Gasteiger charge is -2.27. The molecule has 0 atom stereocenters. The van der Waals surface area contributed by atoms with Crippen LogP contribution in [0.2, 0.25) is 0 Å². The lowest BCUT2D eigenvalue weighted by molar-refractivity contribution is 0.660. The van der Waals surface area contributed by atoms with Crippen molar-refractivity contribution in [1.82, 2.24) is 4.57 Å². The topological polar surface area (TPSA) is 8.17 Å². The second kappa shape index (κ2) is 13.0. The van der Waals surface area contributed by atoms with Gasteiger partial charge >= 0.3 is 0 Å². The van der Waals surface area contributed by atoms with Crippen molar-refractivity contribution in [3.05, 3.63) is 217 Å². The Bertz CT molecular complexity index is 3160. The highest BCUT2D eigenvalue weighted by molar-refractivity contribution is 6.11. The molecule has 1 aliphatic carbocycles. The van der Waals surface area contributed by atoms with Gasteiger partial charge in [-0.15, -0.1) is 0 Å². The first-order valence-corrected chi connectivity index (χ1v) is 19.9. The molecule has 11 rings (SSSR count). The molecule has 0 bridgehead atoms. The van der Waals surface area contributed by atoms with Gasteiger partial charge in [-0.1, -0.05) is 166 Å². The van der Waals surface area contributed by atoms with E-state index in [0.29, 0.717) is 0 Å². The average Bonchev–Trinajstić information content (AvgIpc) is 3.72. The van der Waals surface area contributed by atoms with Crippen LogP contribution in [0.1, 0.15) is 25.0 Å². The normalized spacial score (nSPS) is 12.9. The number of fused-ring (bicyclic) bond motifs is 7. The van der Waals surface area contributed by atoms with Crippen LogP contribution in [0.25, 0.3) is 71.6 Å². The first-order chi connectivity index (χ1) is 28.0. The summed E-state index contributed by atoms with van der Waals surface area (Å²) in [5.74, 6) is 0. The van der Waals surface area contributed by atoms with E-state index in [2.05, 4.69) is 230 Å². The number of rotatable bonds is 6. The number of nitrogens with zero attached hydrogens (tertiary/aromatic N) is 2. The fraction of sp³-hybridized carbons (Fsp3) is 0.0545. The average molecular weight is 729 g/mol. The van der Waals surface area contributed by atoms with Crippen molar-refractivity contribution in [3.8, 4) is 39.1 Å². The van der Waals surface area contributed by atoms with Crippen molar-refractivity contribution >= 4 is 49.6 Å². The molecule has 1 aromatic heterocycles. The third-order valence-corrected chi connectivity index (χ3v) is 12.2. The number of aromatic nitrogens is 1. The Morgan fingerprint density at radius 1 is 0.404 bits per heavy atom. The van der Waals surface area contributed by atoms with Crippen molar-refractivity contribution in [1.29, 1.82) is 0 Å². The molecule has 0 amide bonds. The van der Waals surface area contributed by atoms with Gasteiger partial charge in [0, 0.05) is 38.5 Å². The molecule has 0 saturated carbocycles. The quantitative estimate of drug-likeness (QED) is 0.165. The maximum Gasteiger partial charge on any atom is 0.0547 e. The number of benzene rings is 9. The fourth-order valence-corrected chi connectivity index (χ4v) is 9.44. The van der Waals surface area contributed by atoms with Gasteiger partial charge in [0.2, 0.25) is 0 Å². The highest BCUT2D eigenvalue weighted by Crippen LogP contribution is 2.52. The summed E-state index contributed by atoms with van der Waals surface area (Å²) in [5, 5.41) is 4.97. The number of hydrogen-bond acceptors (Lipinski definition) is 1.